The van der Waals surface area contributed by atoms with Crippen LogP contribution in [-0.2, 0) is 6.54 Å². The van der Waals surface area contributed by atoms with E-state index in [1.54, 1.807) is 10.1 Å². The van der Waals surface area contributed by atoms with Gasteiger partial charge in [0.1, 0.15) is 16.7 Å². The van der Waals surface area contributed by atoms with Crippen molar-refractivity contribution >= 4 is 38.3 Å². The maximum absolute atomic E-state index is 14.2. The van der Waals surface area contributed by atoms with Gasteiger partial charge >= 0.3 is 0 Å². The number of aryl methyl sites for hydroxylation is 1. The molecule has 0 saturated heterocycles. The summed E-state index contributed by atoms with van der Waals surface area (Å²) in [5.74, 6) is 0.640. The van der Waals surface area contributed by atoms with Gasteiger partial charge in [-0.05, 0) is 43.0 Å². The Hall–Kier alpha value is -4.37. The SMILES string of the molecule is CCn1cc(-c2cccc3cc(C(C)Nc4ncnc5scnc45)n(-c4ccccc4)c(=O)c23)cn1. The fourth-order valence-corrected chi connectivity index (χ4v) is 5.17. The summed E-state index contributed by atoms with van der Waals surface area (Å²) >= 11 is 1.47. The number of para-hydroxylation sites is 1. The predicted octanol–water partition coefficient (Wildman–Crippen LogP) is 5.45. The summed E-state index contributed by atoms with van der Waals surface area (Å²) in [5, 5.41) is 9.43. The molecule has 0 saturated carbocycles. The van der Waals surface area contributed by atoms with Crippen molar-refractivity contribution in [2.75, 3.05) is 5.32 Å². The highest BCUT2D eigenvalue weighted by molar-refractivity contribution is 7.16. The van der Waals surface area contributed by atoms with Crippen LogP contribution in [0.3, 0.4) is 0 Å². The van der Waals surface area contributed by atoms with E-state index < -0.39 is 0 Å². The lowest BCUT2D eigenvalue weighted by molar-refractivity contribution is 0.660. The fraction of sp³-hybridized carbons (Fsp3) is 0.148. The predicted molar refractivity (Wildman–Crippen MR) is 144 cm³/mol. The van der Waals surface area contributed by atoms with Crippen molar-refractivity contribution in [1.82, 2.24) is 29.3 Å². The maximum Gasteiger partial charge on any atom is 0.263 e. The minimum Gasteiger partial charge on any atom is -0.360 e. The number of benzene rings is 2. The third-order valence-corrected chi connectivity index (χ3v) is 7.02. The standard InChI is InChI=1S/C27H23N7OS/c1-3-33-14-19(13-31-33)21-11-7-8-18-12-22(34(27(35)23(18)21)20-9-5-4-6-10-20)17(2)32-25-24-26(29-15-28-25)36-16-30-24/h4-17H,3H2,1-2H3,(H,28,29,32). The molecule has 2 aromatic carbocycles. The summed E-state index contributed by atoms with van der Waals surface area (Å²) in [6, 6.07) is 17.5. The second-order valence-electron chi connectivity index (χ2n) is 8.49. The van der Waals surface area contributed by atoms with Crippen LogP contribution in [0.15, 0.2) is 83.6 Å². The van der Waals surface area contributed by atoms with E-state index in [-0.39, 0.29) is 11.6 Å². The van der Waals surface area contributed by atoms with Gasteiger partial charge in [0.2, 0.25) is 0 Å². The summed E-state index contributed by atoms with van der Waals surface area (Å²) < 4.78 is 3.65. The van der Waals surface area contributed by atoms with Crippen molar-refractivity contribution in [2.24, 2.45) is 0 Å². The highest BCUT2D eigenvalue weighted by atomic mass is 32.1. The summed E-state index contributed by atoms with van der Waals surface area (Å²) in [7, 11) is 0. The van der Waals surface area contributed by atoms with E-state index in [9.17, 15) is 4.79 Å². The lowest BCUT2D eigenvalue weighted by atomic mass is 9.99. The van der Waals surface area contributed by atoms with Gasteiger partial charge in [0.05, 0.1) is 23.1 Å². The third kappa shape index (κ3) is 3.74. The Bertz CT molecular complexity index is 1750. The number of pyridine rings is 1. The Morgan fingerprint density at radius 1 is 1.06 bits per heavy atom. The second-order valence-corrected chi connectivity index (χ2v) is 9.33. The third-order valence-electron chi connectivity index (χ3n) is 6.29. The number of hydrogen-bond acceptors (Lipinski definition) is 7. The molecule has 4 heterocycles. The summed E-state index contributed by atoms with van der Waals surface area (Å²) in [6.07, 6.45) is 5.33. The lowest BCUT2D eigenvalue weighted by Crippen LogP contribution is -2.26. The van der Waals surface area contributed by atoms with Gasteiger partial charge < -0.3 is 5.32 Å². The lowest BCUT2D eigenvalue weighted by Gasteiger charge is -2.22. The number of rotatable bonds is 6. The number of anilines is 1. The normalized spacial score (nSPS) is 12.3. The van der Waals surface area contributed by atoms with Crippen LogP contribution in [0.1, 0.15) is 25.6 Å². The number of nitrogens with one attached hydrogen (secondary N) is 1. The molecule has 0 amide bonds. The monoisotopic (exact) mass is 493 g/mol. The van der Waals surface area contributed by atoms with Crippen LogP contribution in [-0.4, -0.2) is 29.3 Å². The molecule has 1 N–H and O–H groups in total. The van der Waals surface area contributed by atoms with Crippen molar-refractivity contribution in [1.29, 1.82) is 0 Å². The van der Waals surface area contributed by atoms with Gasteiger partial charge in [-0.3, -0.25) is 14.0 Å². The van der Waals surface area contributed by atoms with Crippen molar-refractivity contribution < 1.29 is 0 Å². The number of nitrogens with zero attached hydrogens (tertiary/aromatic N) is 6. The van der Waals surface area contributed by atoms with E-state index in [0.717, 1.165) is 44.8 Å². The molecule has 36 heavy (non-hydrogen) atoms. The zero-order valence-electron chi connectivity index (χ0n) is 19.8. The topological polar surface area (TPSA) is 90.5 Å². The van der Waals surface area contributed by atoms with Gasteiger partial charge in [-0.2, -0.15) is 5.10 Å². The van der Waals surface area contributed by atoms with Crippen molar-refractivity contribution in [3.05, 3.63) is 94.9 Å². The molecule has 0 fully saturated rings. The molecular formula is C27H23N7OS. The van der Waals surface area contributed by atoms with Crippen LogP contribution < -0.4 is 10.9 Å². The minimum absolute atomic E-state index is 0.0799. The number of fused-ring (bicyclic) bond motifs is 2. The van der Waals surface area contributed by atoms with E-state index >= 15 is 0 Å². The molecule has 178 valence electrons. The first-order chi connectivity index (χ1) is 17.6. The van der Waals surface area contributed by atoms with E-state index in [1.165, 1.54) is 17.7 Å². The zero-order valence-corrected chi connectivity index (χ0v) is 20.6. The van der Waals surface area contributed by atoms with E-state index in [1.807, 2.05) is 79.5 Å². The second kappa shape index (κ2) is 9.01. The van der Waals surface area contributed by atoms with Gasteiger partial charge in [-0.15, -0.1) is 11.3 Å². The fourth-order valence-electron chi connectivity index (χ4n) is 4.54. The van der Waals surface area contributed by atoms with Crippen LogP contribution in [0, 0.1) is 0 Å². The average molecular weight is 494 g/mol. The van der Waals surface area contributed by atoms with E-state index in [0.29, 0.717) is 11.2 Å². The molecule has 6 aromatic rings. The van der Waals surface area contributed by atoms with Crippen molar-refractivity contribution in [3.8, 4) is 16.8 Å². The number of hydrogen-bond donors (Lipinski definition) is 1. The van der Waals surface area contributed by atoms with E-state index in [4.69, 9.17) is 0 Å². The smallest absolute Gasteiger partial charge is 0.263 e. The van der Waals surface area contributed by atoms with Crippen LogP contribution in [0.25, 0.3) is 37.9 Å². The van der Waals surface area contributed by atoms with Gasteiger partial charge in [0.25, 0.3) is 5.56 Å². The van der Waals surface area contributed by atoms with Gasteiger partial charge in [0, 0.05) is 29.7 Å². The Morgan fingerprint density at radius 2 is 1.92 bits per heavy atom. The first kappa shape index (κ1) is 22.1. The average Bonchev–Trinajstić information content (AvgIpc) is 3.59. The molecule has 1 unspecified atom stereocenters. The molecule has 0 aliphatic rings. The maximum atomic E-state index is 14.2. The number of aromatic nitrogens is 6. The summed E-state index contributed by atoms with van der Waals surface area (Å²) in [4.78, 5) is 28.2. The highest BCUT2D eigenvalue weighted by Gasteiger charge is 2.20. The molecule has 0 aliphatic carbocycles. The molecule has 0 spiro atoms. The zero-order chi connectivity index (χ0) is 24.6. The quantitative estimate of drug-likeness (QED) is 0.332. The Kier molecular flexibility index (Phi) is 5.54. The van der Waals surface area contributed by atoms with E-state index in [2.05, 4.69) is 31.4 Å². The van der Waals surface area contributed by atoms with Gasteiger partial charge in [0.15, 0.2) is 5.82 Å². The molecule has 0 bridgehead atoms. The van der Waals surface area contributed by atoms with Crippen LogP contribution in [0.5, 0.6) is 0 Å². The van der Waals surface area contributed by atoms with Crippen molar-refractivity contribution in [3.63, 3.8) is 0 Å². The summed E-state index contributed by atoms with van der Waals surface area (Å²) in [6.45, 7) is 4.83. The van der Waals surface area contributed by atoms with Crippen LogP contribution in [0.4, 0.5) is 5.82 Å². The molecule has 9 heteroatoms. The highest BCUT2D eigenvalue weighted by Crippen LogP contribution is 2.31. The molecule has 8 nitrogen and oxygen atoms in total. The molecule has 4 aromatic heterocycles. The van der Waals surface area contributed by atoms with Crippen LogP contribution in [0.2, 0.25) is 0 Å². The largest absolute Gasteiger partial charge is 0.360 e. The first-order valence-electron chi connectivity index (χ1n) is 11.7. The Morgan fingerprint density at radius 3 is 2.72 bits per heavy atom. The van der Waals surface area contributed by atoms with Gasteiger partial charge in [-0.25, -0.2) is 15.0 Å². The summed E-state index contributed by atoms with van der Waals surface area (Å²) in [5.41, 5.74) is 5.81. The number of thiazole rings is 1. The Balaban J connectivity index is 1.56. The van der Waals surface area contributed by atoms with Crippen LogP contribution >= 0.6 is 11.3 Å². The molecule has 0 aliphatic heterocycles. The van der Waals surface area contributed by atoms with Gasteiger partial charge in [-0.1, -0.05) is 36.4 Å². The first-order valence-corrected chi connectivity index (χ1v) is 12.6. The molecule has 0 radical (unpaired) electrons. The molecular weight excluding hydrogens is 470 g/mol. The molecule has 6 rings (SSSR count). The van der Waals surface area contributed by atoms with Crippen molar-refractivity contribution in [2.45, 2.75) is 26.4 Å². The molecule has 1 atom stereocenters. The minimum atomic E-state index is -0.242. The Labute approximate surface area is 210 Å².